The van der Waals surface area contributed by atoms with Crippen LogP contribution in [0, 0.1) is 13.8 Å². The standard InChI is InChI=1S/C17H24N6O2S/c1-5-25-10-14-18-15-16(22(14)8-6-7-9-26-13(4)24)11(2)12(3)23-17(15)19-20-21-23/h5-10H2,1-4H3. The lowest BCUT2D eigenvalue weighted by Gasteiger charge is -2.12. The molecule has 3 aromatic rings. The van der Waals surface area contributed by atoms with E-state index in [2.05, 4.69) is 27.0 Å². The molecule has 0 aliphatic carbocycles. The number of imidazole rings is 1. The Morgan fingerprint density at radius 2 is 2.08 bits per heavy atom. The molecule has 0 amide bonds. The Kier molecular flexibility index (Phi) is 5.87. The number of unbranched alkanes of at least 4 members (excludes halogenated alkanes) is 1. The minimum atomic E-state index is 0.170. The molecule has 0 radical (unpaired) electrons. The van der Waals surface area contributed by atoms with Crippen molar-refractivity contribution in [2.24, 2.45) is 0 Å². The van der Waals surface area contributed by atoms with E-state index >= 15 is 0 Å². The molecule has 0 fully saturated rings. The van der Waals surface area contributed by atoms with Crippen molar-refractivity contribution in [3.63, 3.8) is 0 Å². The van der Waals surface area contributed by atoms with Crippen LogP contribution < -0.4 is 0 Å². The summed E-state index contributed by atoms with van der Waals surface area (Å²) in [6.45, 7) is 9.60. The minimum Gasteiger partial charge on any atom is -0.374 e. The molecule has 0 aliphatic heterocycles. The van der Waals surface area contributed by atoms with Crippen LogP contribution in [0.15, 0.2) is 0 Å². The van der Waals surface area contributed by atoms with Crippen LogP contribution in [0.4, 0.5) is 0 Å². The highest BCUT2D eigenvalue weighted by Gasteiger charge is 2.20. The summed E-state index contributed by atoms with van der Waals surface area (Å²) in [6, 6.07) is 0. The number of carbonyl (C=O) groups is 1. The first-order valence-electron chi connectivity index (χ1n) is 8.82. The summed E-state index contributed by atoms with van der Waals surface area (Å²) >= 11 is 1.38. The molecule has 26 heavy (non-hydrogen) atoms. The number of hydrogen-bond donors (Lipinski definition) is 0. The molecule has 0 saturated carbocycles. The highest BCUT2D eigenvalue weighted by Crippen LogP contribution is 2.26. The average molecular weight is 376 g/mol. The van der Waals surface area contributed by atoms with E-state index in [9.17, 15) is 4.79 Å². The van der Waals surface area contributed by atoms with E-state index in [4.69, 9.17) is 9.72 Å². The molecular weight excluding hydrogens is 352 g/mol. The van der Waals surface area contributed by atoms with Crippen LogP contribution >= 0.6 is 11.8 Å². The van der Waals surface area contributed by atoms with Gasteiger partial charge in [0.2, 0.25) is 5.65 Å². The van der Waals surface area contributed by atoms with Crippen LogP contribution in [0.1, 0.15) is 43.8 Å². The first kappa shape index (κ1) is 18.8. The summed E-state index contributed by atoms with van der Waals surface area (Å²) in [5.41, 5.74) is 4.68. The Morgan fingerprint density at radius 3 is 2.81 bits per heavy atom. The number of ether oxygens (including phenoxy) is 1. The first-order chi connectivity index (χ1) is 12.5. The topological polar surface area (TPSA) is 87.2 Å². The van der Waals surface area contributed by atoms with Gasteiger partial charge in [-0.05, 0) is 49.6 Å². The summed E-state index contributed by atoms with van der Waals surface area (Å²) < 4.78 is 9.58. The molecule has 0 atom stereocenters. The zero-order valence-electron chi connectivity index (χ0n) is 15.7. The van der Waals surface area contributed by atoms with E-state index in [1.165, 1.54) is 11.8 Å². The normalized spacial score (nSPS) is 11.7. The van der Waals surface area contributed by atoms with Gasteiger partial charge in [-0.15, -0.1) is 5.10 Å². The van der Waals surface area contributed by atoms with E-state index < -0.39 is 0 Å². The van der Waals surface area contributed by atoms with Gasteiger partial charge in [0, 0.05) is 31.5 Å². The third-order valence-corrected chi connectivity index (χ3v) is 5.36. The van der Waals surface area contributed by atoms with Gasteiger partial charge in [0.15, 0.2) is 5.12 Å². The van der Waals surface area contributed by atoms with Crippen LogP contribution in [-0.4, -0.2) is 47.1 Å². The number of rotatable bonds is 8. The molecule has 0 N–H and O–H groups in total. The lowest BCUT2D eigenvalue weighted by Crippen LogP contribution is -2.08. The Bertz CT molecular complexity index is 933. The van der Waals surface area contributed by atoms with Crippen molar-refractivity contribution < 1.29 is 9.53 Å². The zero-order valence-corrected chi connectivity index (χ0v) is 16.5. The number of nitrogens with zero attached hydrogens (tertiary/aromatic N) is 6. The molecule has 3 rings (SSSR count). The summed E-state index contributed by atoms with van der Waals surface area (Å²) in [5.74, 6) is 1.73. The number of fused-ring (bicyclic) bond motifs is 3. The third kappa shape index (κ3) is 3.59. The average Bonchev–Trinajstić information content (AvgIpc) is 3.22. The molecule has 0 aliphatic rings. The first-order valence-corrected chi connectivity index (χ1v) is 9.80. The van der Waals surface area contributed by atoms with Crippen molar-refractivity contribution in [3.05, 3.63) is 17.1 Å². The fourth-order valence-electron chi connectivity index (χ4n) is 3.06. The summed E-state index contributed by atoms with van der Waals surface area (Å²) in [5, 5.41) is 12.2. The van der Waals surface area contributed by atoms with Crippen molar-refractivity contribution in [2.45, 2.75) is 53.7 Å². The third-order valence-electron chi connectivity index (χ3n) is 4.46. The molecule has 0 spiro atoms. The predicted octanol–water partition coefficient (Wildman–Crippen LogP) is 2.69. The molecule has 8 nitrogen and oxygen atoms in total. The highest BCUT2D eigenvalue weighted by molar-refractivity contribution is 8.13. The van der Waals surface area contributed by atoms with E-state index in [-0.39, 0.29) is 5.12 Å². The Morgan fingerprint density at radius 1 is 1.27 bits per heavy atom. The van der Waals surface area contributed by atoms with Gasteiger partial charge in [-0.3, -0.25) is 4.79 Å². The van der Waals surface area contributed by atoms with E-state index in [1.54, 1.807) is 11.4 Å². The monoisotopic (exact) mass is 376 g/mol. The maximum Gasteiger partial charge on any atom is 0.207 e. The van der Waals surface area contributed by atoms with Gasteiger partial charge >= 0.3 is 0 Å². The Labute approximate surface area is 156 Å². The number of aromatic nitrogens is 6. The highest BCUT2D eigenvalue weighted by atomic mass is 32.2. The van der Waals surface area contributed by atoms with Gasteiger partial charge < -0.3 is 9.30 Å². The van der Waals surface area contributed by atoms with Crippen LogP contribution in [0.3, 0.4) is 0 Å². The van der Waals surface area contributed by atoms with Gasteiger partial charge in [-0.1, -0.05) is 11.8 Å². The maximum atomic E-state index is 11.1. The van der Waals surface area contributed by atoms with Crippen LogP contribution in [0.25, 0.3) is 16.7 Å². The second kappa shape index (κ2) is 8.13. The van der Waals surface area contributed by atoms with Crippen molar-refractivity contribution >= 4 is 33.6 Å². The quantitative estimate of drug-likeness (QED) is 0.559. The van der Waals surface area contributed by atoms with E-state index in [0.29, 0.717) is 18.9 Å². The molecule has 0 saturated heterocycles. The van der Waals surface area contributed by atoms with Crippen LogP contribution in [0.2, 0.25) is 0 Å². The maximum absolute atomic E-state index is 11.1. The molecule has 3 aromatic heterocycles. The largest absolute Gasteiger partial charge is 0.374 e. The Hall–Kier alpha value is -2.00. The number of aryl methyl sites for hydroxylation is 3. The molecule has 0 bridgehead atoms. The lowest BCUT2D eigenvalue weighted by atomic mass is 10.2. The molecule has 0 aromatic carbocycles. The molecule has 0 unspecified atom stereocenters. The van der Waals surface area contributed by atoms with Crippen molar-refractivity contribution in [1.82, 2.24) is 29.6 Å². The second-order valence-corrected chi connectivity index (χ2v) is 7.46. The number of pyridine rings is 1. The number of carbonyl (C=O) groups excluding carboxylic acids is 1. The van der Waals surface area contributed by atoms with Gasteiger partial charge in [0.05, 0.1) is 5.52 Å². The Balaban J connectivity index is 1.97. The smallest absolute Gasteiger partial charge is 0.207 e. The van der Waals surface area contributed by atoms with E-state index in [1.807, 2.05) is 13.8 Å². The van der Waals surface area contributed by atoms with Crippen LogP contribution in [0.5, 0.6) is 0 Å². The molecule has 140 valence electrons. The summed E-state index contributed by atoms with van der Waals surface area (Å²) in [4.78, 5) is 15.9. The fraction of sp³-hybridized carbons (Fsp3) is 0.588. The number of hydrogen-bond acceptors (Lipinski definition) is 7. The zero-order chi connectivity index (χ0) is 18.7. The summed E-state index contributed by atoms with van der Waals surface area (Å²) in [6.07, 6.45) is 1.95. The van der Waals surface area contributed by atoms with Crippen LogP contribution in [-0.2, 0) is 22.7 Å². The molecule has 9 heteroatoms. The van der Waals surface area contributed by atoms with E-state index in [0.717, 1.165) is 53.3 Å². The van der Waals surface area contributed by atoms with Gasteiger partial charge in [0.25, 0.3) is 0 Å². The van der Waals surface area contributed by atoms with Gasteiger partial charge in [-0.2, -0.15) is 4.52 Å². The second-order valence-electron chi connectivity index (χ2n) is 6.19. The van der Waals surface area contributed by atoms with Crippen molar-refractivity contribution in [3.8, 4) is 0 Å². The minimum absolute atomic E-state index is 0.170. The van der Waals surface area contributed by atoms with Gasteiger partial charge in [0.1, 0.15) is 17.9 Å². The number of thioether (sulfide) groups is 1. The predicted molar refractivity (Wildman–Crippen MR) is 101 cm³/mol. The summed E-state index contributed by atoms with van der Waals surface area (Å²) in [7, 11) is 0. The lowest BCUT2D eigenvalue weighted by molar-refractivity contribution is -0.109. The van der Waals surface area contributed by atoms with Gasteiger partial charge in [-0.25, -0.2) is 4.98 Å². The van der Waals surface area contributed by atoms with Crippen molar-refractivity contribution in [2.75, 3.05) is 12.4 Å². The number of tetrazole rings is 1. The fourth-order valence-corrected chi connectivity index (χ4v) is 3.69. The van der Waals surface area contributed by atoms with Crippen molar-refractivity contribution in [1.29, 1.82) is 0 Å². The molecule has 3 heterocycles. The molecular formula is C17H24N6O2S. The SMILES string of the molecule is CCOCc1nc2c(c(C)c(C)n3nnnc23)n1CCCCSC(C)=O.